The number of rotatable bonds is 7. The fraction of sp³-hybridized carbons (Fsp3) is 0.364. The first-order chi connectivity index (χ1) is 9.88. The number of aromatic nitrogens is 3. The minimum atomic E-state index is -3.71. The van der Waals surface area contributed by atoms with Crippen LogP contribution in [-0.4, -0.2) is 34.7 Å². The molecule has 2 heterocycles. The van der Waals surface area contributed by atoms with Crippen molar-refractivity contribution in [1.82, 2.24) is 15.2 Å². The highest BCUT2D eigenvalue weighted by molar-refractivity contribution is 7.93. The number of nitrogens with one attached hydrogen (secondary N) is 2. The molecule has 0 saturated carbocycles. The summed E-state index contributed by atoms with van der Waals surface area (Å²) in [5, 5.41) is 16.8. The molecular formula is C11H14N4O4S2. The summed E-state index contributed by atoms with van der Waals surface area (Å²) in [4.78, 5) is 14.6. The average molecular weight is 330 g/mol. The molecule has 21 heavy (non-hydrogen) atoms. The van der Waals surface area contributed by atoms with Gasteiger partial charge in [0.2, 0.25) is 0 Å². The number of aryl methyl sites for hydroxylation is 2. The molecule has 2 aromatic heterocycles. The molecule has 10 heteroatoms. The van der Waals surface area contributed by atoms with Crippen molar-refractivity contribution in [2.45, 2.75) is 31.1 Å². The minimum absolute atomic E-state index is 0.0623. The Morgan fingerprint density at radius 2 is 2.29 bits per heavy atom. The number of aromatic amines is 1. The van der Waals surface area contributed by atoms with Crippen LogP contribution in [-0.2, 0) is 21.2 Å². The molecule has 0 aliphatic heterocycles. The van der Waals surface area contributed by atoms with Gasteiger partial charge in [-0.15, -0.1) is 11.3 Å². The van der Waals surface area contributed by atoms with Gasteiger partial charge in [0, 0.05) is 11.8 Å². The van der Waals surface area contributed by atoms with E-state index in [1.165, 1.54) is 6.20 Å². The second kappa shape index (κ2) is 6.22. The number of carbonyl (C=O) groups is 1. The van der Waals surface area contributed by atoms with E-state index in [4.69, 9.17) is 5.11 Å². The summed E-state index contributed by atoms with van der Waals surface area (Å²) in [5.74, 6) is -0.860. The summed E-state index contributed by atoms with van der Waals surface area (Å²) in [7, 11) is -3.71. The zero-order valence-corrected chi connectivity index (χ0v) is 12.8. The zero-order valence-electron chi connectivity index (χ0n) is 11.2. The van der Waals surface area contributed by atoms with Gasteiger partial charge in [0.1, 0.15) is 4.90 Å². The number of aliphatic carboxylic acids is 1. The second-order valence-corrected chi connectivity index (χ2v) is 6.86. The third-order valence-electron chi connectivity index (χ3n) is 2.67. The largest absolute Gasteiger partial charge is 0.481 e. The van der Waals surface area contributed by atoms with Gasteiger partial charge in [0.15, 0.2) is 5.13 Å². The van der Waals surface area contributed by atoms with Crippen molar-refractivity contribution in [3.63, 3.8) is 0 Å². The zero-order chi connectivity index (χ0) is 15.5. The predicted molar refractivity (Wildman–Crippen MR) is 76.8 cm³/mol. The van der Waals surface area contributed by atoms with Crippen LogP contribution in [0.3, 0.4) is 0 Å². The maximum atomic E-state index is 12.1. The van der Waals surface area contributed by atoms with Crippen molar-refractivity contribution in [3.05, 3.63) is 23.0 Å². The van der Waals surface area contributed by atoms with E-state index in [0.717, 1.165) is 11.3 Å². The van der Waals surface area contributed by atoms with Crippen molar-refractivity contribution in [1.29, 1.82) is 0 Å². The topological polar surface area (TPSA) is 125 Å². The van der Waals surface area contributed by atoms with Crippen LogP contribution in [0.1, 0.15) is 24.2 Å². The molecule has 3 N–H and O–H groups in total. The molecule has 0 aliphatic carbocycles. The normalized spacial score (nSPS) is 11.5. The van der Waals surface area contributed by atoms with E-state index in [0.29, 0.717) is 24.2 Å². The predicted octanol–water partition coefficient (Wildman–Crippen LogP) is 1.38. The Kier molecular flexibility index (Phi) is 4.58. The van der Waals surface area contributed by atoms with E-state index < -0.39 is 16.0 Å². The van der Waals surface area contributed by atoms with E-state index in [1.807, 2.05) is 0 Å². The first-order valence-corrected chi connectivity index (χ1v) is 8.44. The fourth-order valence-corrected chi connectivity index (χ4v) is 3.81. The van der Waals surface area contributed by atoms with Crippen LogP contribution in [0.2, 0.25) is 0 Å². The van der Waals surface area contributed by atoms with Crippen molar-refractivity contribution < 1.29 is 18.3 Å². The summed E-state index contributed by atoms with van der Waals surface area (Å²) in [6, 6.07) is 0. The molecule has 2 aromatic rings. The van der Waals surface area contributed by atoms with E-state index in [9.17, 15) is 13.2 Å². The first-order valence-electron chi connectivity index (χ1n) is 6.07. The molecule has 0 unspecified atom stereocenters. The van der Waals surface area contributed by atoms with Crippen LogP contribution in [0.4, 0.5) is 5.13 Å². The third-order valence-corrected chi connectivity index (χ3v) is 5.06. The SMILES string of the molecule is Cc1[nH]ncc1S(=O)(=O)Nc1nc(CCCC(=O)O)cs1. The monoisotopic (exact) mass is 330 g/mol. The molecular weight excluding hydrogens is 316 g/mol. The molecule has 8 nitrogen and oxygen atoms in total. The van der Waals surface area contributed by atoms with Gasteiger partial charge in [-0.3, -0.25) is 14.6 Å². The number of carboxylic acid groups (broad SMARTS) is 1. The molecule has 0 amide bonds. The molecule has 0 aromatic carbocycles. The van der Waals surface area contributed by atoms with Gasteiger partial charge >= 0.3 is 5.97 Å². The minimum Gasteiger partial charge on any atom is -0.481 e. The van der Waals surface area contributed by atoms with E-state index in [-0.39, 0.29) is 16.4 Å². The van der Waals surface area contributed by atoms with Gasteiger partial charge in [-0.05, 0) is 19.8 Å². The second-order valence-electron chi connectivity index (χ2n) is 4.36. The number of thiazole rings is 1. The lowest BCUT2D eigenvalue weighted by Crippen LogP contribution is -2.13. The summed E-state index contributed by atoms with van der Waals surface area (Å²) in [5.41, 5.74) is 1.11. The number of sulfonamides is 1. The summed E-state index contributed by atoms with van der Waals surface area (Å²) >= 11 is 1.16. The average Bonchev–Trinajstić information content (AvgIpc) is 2.98. The molecule has 0 saturated heterocycles. The Labute approximate surface area is 125 Å². The Morgan fingerprint density at radius 1 is 1.52 bits per heavy atom. The van der Waals surface area contributed by atoms with Gasteiger partial charge in [-0.25, -0.2) is 13.4 Å². The van der Waals surface area contributed by atoms with Crippen LogP contribution in [0.5, 0.6) is 0 Å². The first kappa shape index (κ1) is 15.4. The molecule has 0 aliphatic rings. The molecule has 0 bridgehead atoms. The van der Waals surface area contributed by atoms with Gasteiger partial charge in [-0.1, -0.05) is 0 Å². The molecule has 0 fully saturated rings. The fourth-order valence-electron chi connectivity index (χ4n) is 1.67. The van der Waals surface area contributed by atoms with Gasteiger partial charge in [-0.2, -0.15) is 5.10 Å². The van der Waals surface area contributed by atoms with Crippen LogP contribution >= 0.6 is 11.3 Å². The van der Waals surface area contributed by atoms with Crippen LogP contribution < -0.4 is 4.72 Å². The Morgan fingerprint density at radius 3 is 2.90 bits per heavy atom. The van der Waals surface area contributed by atoms with Gasteiger partial charge in [0.25, 0.3) is 10.0 Å². The number of hydrogen-bond acceptors (Lipinski definition) is 6. The van der Waals surface area contributed by atoms with Crippen molar-refractivity contribution in [3.8, 4) is 0 Å². The standard InChI is InChI=1S/C11H14N4O4S2/c1-7-9(5-12-14-7)21(18,19)15-11-13-8(6-20-11)3-2-4-10(16)17/h5-6H,2-4H2,1H3,(H,12,14)(H,13,15)(H,16,17). The molecule has 114 valence electrons. The van der Waals surface area contributed by atoms with Crippen LogP contribution in [0.25, 0.3) is 0 Å². The molecule has 0 radical (unpaired) electrons. The van der Waals surface area contributed by atoms with E-state index >= 15 is 0 Å². The van der Waals surface area contributed by atoms with Crippen LogP contribution in [0.15, 0.2) is 16.5 Å². The lowest BCUT2D eigenvalue weighted by molar-refractivity contribution is -0.137. The van der Waals surface area contributed by atoms with Crippen molar-refractivity contribution >= 4 is 32.5 Å². The number of carboxylic acids is 1. The summed E-state index contributed by atoms with van der Waals surface area (Å²) < 4.78 is 26.6. The van der Waals surface area contributed by atoms with E-state index in [1.54, 1.807) is 12.3 Å². The van der Waals surface area contributed by atoms with Crippen molar-refractivity contribution in [2.24, 2.45) is 0 Å². The van der Waals surface area contributed by atoms with Gasteiger partial charge < -0.3 is 5.11 Å². The lowest BCUT2D eigenvalue weighted by Gasteiger charge is -2.03. The molecule has 0 spiro atoms. The third kappa shape index (κ3) is 4.02. The maximum Gasteiger partial charge on any atom is 0.303 e. The van der Waals surface area contributed by atoms with Gasteiger partial charge in [0.05, 0.1) is 17.6 Å². The van der Waals surface area contributed by atoms with Crippen molar-refractivity contribution in [2.75, 3.05) is 4.72 Å². The quantitative estimate of drug-likeness (QED) is 0.704. The highest BCUT2D eigenvalue weighted by Crippen LogP contribution is 2.21. The molecule has 0 atom stereocenters. The number of nitrogens with zero attached hydrogens (tertiary/aromatic N) is 2. The summed E-state index contributed by atoms with van der Waals surface area (Å²) in [6.45, 7) is 1.61. The number of H-pyrrole nitrogens is 1. The van der Waals surface area contributed by atoms with E-state index in [2.05, 4.69) is 19.9 Å². The Hall–Kier alpha value is -1.94. The number of hydrogen-bond donors (Lipinski definition) is 3. The lowest BCUT2D eigenvalue weighted by atomic mass is 10.2. The molecule has 2 rings (SSSR count). The highest BCUT2D eigenvalue weighted by atomic mass is 32.2. The maximum absolute atomic E-state index is 12.1. The Balaban J connectivity index is 2.02. The van der Waals surface area contributed by atoms with Crippen LogP contribution in [0, 0.1) is 6.92 Å². The highest BCUT2D eigenvalue weighted by Gasteiger charge is 2.20. The smallest absolute Gasteiger partial charge is 0.303 e. The Bertz CT molecular complexity index is 735. The summed E-state index contributed by atoms with van der Waals surface area (Å²) in [6.07, 6.45) is 2.26. The number of anilines is 1.